The van der Waals surface area contributed by atoms with E-state index in [1.807, 2.05) is 0 Å². The highest BCUT2D eigenvalue weighted by molar-refractivity contribution is 6.03. The highest BCUT2D eigenvalue weighted by Crippen LogP contribution is 2.33. The first-order valence-corrected chi connectivity index (χ1v) is 11.0. The van der Waals surface area contributed by atoms with E-state index in [0.717, 1.165) is 16.8 Å². The third-order valence-electron chi connectivity index (χ3n) is 6.36. The second kappa shape index (κ2) is 9.02. The van der Waals surface area contributed by atoms with Gasteiger partial charge in [0.25, 0.3) is 5.91 Å². The van der Waals surface area contributed by atoms with Crippen molar-refractivity contribution >= 4 is 17.5 Å². The number of piperidine rings is 1. The van der Waals surface area contributed by atoms with Crippen LogP contribution in [0.5, 0.6) is 0 Å². The molecular weight excluding hydrogens is 388 g/mol. The Bertz CT molecular complexity index is 974. The van der Waals surface area contributed by atoms with Crippen LogP contribution in [0.15, 0.2) is 53.6 Å². The van der Waals surface area contributed by atoms with Gasteiger partial charge < -0.3 is 5.73 Å². The lowest BCUT2D eigenvalue weighted by Crippen LogP contribution is -2.44. The van der Waals surface area contributed by atoms with E-state index < -0.39 is 0 Å². The summed E-state index contributed by atoms with van der Waals surface area (Å²) in [5, 5.41) is 6.44. The fourth-order valence-electron chi connectivity index (χ4n) is 4.35. The Morgan fingerprint density at radius 3 is 2.13 bits per heavy atom. The molecule has 2 amide bonds. The lowest BCUT2D eigenvalue weighted by Gasteiger charge is -2.31. The quantitative estimate of drug-likeness (QED) is 0.810. The number of likely N-dealkylation sites (tertiary alicyclic amines) is 1. The average molecular weight is 419 g/mol. The van der Waals surface area contributed by atoms with Crippen molar-refractivity contribution in [3.8, 4) is 0 Å². The van der Waals surface area contributed by atoms with Crippen molar-refractivity contribution in [1.82, 2.24) is 9.91 Å². The Morgan fingerprint density at radius 1 is 0.968 bits per heavy atom. The minimum absolute atomic E-state index is 0.00906. The number of carbonyl (C=O) groups is 2. The summed E-state index contributed by atoms with van der Waals surface area (Å²) in [4.78, 5) is 26.8. The molecule has 6 heteroatoms. The van der Waals surface area contributed by atoms with Crippen molar-refractivity contribution in [3.05, 3.63) is 70.8 Å². The van der Waals surface area contributed by atoms with Gasteiger partial charge in [0.15, 0.2) is 0 Å². The maximum Gasteiger partial charge on any atom is 0.257 e. The van der Waals surface area contributed by atoms with Crippen LogP contribution in [0.1, 0.15) is 47.6 Å². The van der Waals surface area contributed by atoms with E-state index in [1.54, 1.807) is 5.01 Å². The molecule has 0 bridgehead atoms. The van der Waals surface area contributed by atoms with Crippen LogP contribution >= 0.6 is 0 Å². The summed E-state index contributed by atoms with van der Waals surface area (Å²) in [6, 6.07) is 16.5. The minimum Gasteiger partial charge on any atom is -0.369 e. The number of hydrogen-bond acceptors (Lipinski definition) is 4. The number of primary amides is 1. The molecule has 1 fully saturated rings. The molecule has 0 saturated carbocycles. The Balaban J connectivity index is 1.53. The summed E-state index contributed by atoms with van der Waals surface area (Å²) in [7, 11) is 0. The predicted molar refractivity (Wildman–Crippen MR) is 121 cm³/mol. The minimum atomic E-state index is -0.239. The Labute approximate surface area is 183 Å². The van der Waals surface area contributed by atoms with E-state index >= 15 is 0 Å². The van der Waals surface area contributed by atoms with Gasteiger partial charge in [-0.2, -0.15) is 5.10 Å². The van der Waals surface area contributed by atoms with Crippen molar-refractivity contribution in [3.63, 3.8) is 0 Å². The average Bonchev–Trinajstić information content (AvgIpc) is 3.21. The second-order valence-corrected chi connectivity index (χ2v) is 8.73. The van der Waals surface area contributed by atoms with Gasteiger partial charge in [0, 0.05) is 12.3 Å². The lowest BCUT2D eigenvalue weighted by molar-refractivity contribution is -0.134. The molecule has 2 aliphatic rings. The van der Waals surface area contributed by atoms with E-state index in [1.165, 1.54) is 11.1 Å². The molecule has 2 N–H and O–H groups in total. The Kier molecular flexibility index (Phi) is 6.18. The van der Waals surface area contributed by atoms with Gasteiger partial charge in [0.1, 0.15) is 0 Å². The standard InChI is InChI=1S/C25H30N4O2/c1-17-3-7-19(8-4-17)22-15-23(20-9-5-18(2)6-10-20)29(27-22)24(30)16-28-13-11-21(12-14-28)25(26)31/h3-10,21,23H,11-16H2,1-2H3,(H2,26,31)/t23-/m1/s1. The van der Waals surface area contributed by atoms with Crippen LogP contribution in [0.3, 0.4) is 0 Å². The first-order valence-electron chi connectivity index (χ1n) is 11.0. The smallest absolute Gasteiger partial charge is 0.257 e. The molecule has 0 radical (unpaired) electrons. The molecule has 2 aliphatic heterocycles. The van der Waals surface area contributed by atoms with E-state index in [-0.39, 0.29) is 23.8 Å². The van der Waals surface area contributed by atoms with Crippen molar-refractivity contribution < 1.29 is 9.59 Å². The summed E-state index contributed by atoms with van der Waals surface area (Å²) in [6.07, 6.45) is 2.12. The predicted octanol–water partition coefficient (Wildman–Crippen LogP) is 3.18. The lowest BCUT2D eigenvalue weighted by atomic mass is 9.96. The van der Waals surface area contributed by atoms with E-state index in [0.29, 0.717) is 38.9 Å². The van der Waals surface area contributed by atoms with Crippen LogP contribution in [0.25, 0.3) is 0 Å². The van der Waals surface area contributed by atoms with Gasteiger partial charge >= 0.3 is 0 Å². The fourth-order valence-corrected chi connectivity index (χ4v) is 4.35. The second-order valence-electron chi connectivity index (χ2n) is 8.73. The van der Waals surface area contributed by atoms with Gasteiger partial charge in [-0.1, -0.05) is 59.7 Å². The molecular formula is C25H30N4O2. The topological polar surface area (TPSA) is 79.0 Å². The molecule has 162 valence electrons. The summed E-state index contributed by atoms with van der Waals surface area (Å²) in [5.41, 5.74) is 10.9. The zero-order chi connectivity index (χ0) is 22.0. The first kappa shape index (κ1) is 21.2. The van der Waals surface area contributed by atoms with E-state index in [4.69, 9.17) is 10.8 Å². The molecule has 0 aliphatic carbocycles. The van der Waals surface area contributed by atoms with Gasteiger partial charge in [0.05, 0.1) is 18.3 Å². The summed E-state index contributed by atoms with van der Waals surface area (Å²) in [5.74, 6) is -0.327. The summed E-state index contributed by atoms with van der Waals surface area (Å²) in [6.45, 7) is 5.84. The van der Waals surface area contributed by atoms with Crippen LogP contribution < -0.4 is 5.73 Å². The maximum atomic E-state index is 13.3. The molecule has 2 aromatic rings. The third-order valence-corrected chi connectivity index (χ3v) is 6.36. The zero-order valence-electron chi connectivity index (χ0n) is 18.3. The maximum absolute atomic E-state index is 13.3. The van der Waals surface area contributed by atoms with Crippen LogP contribution in [0.2, 0.25) is 0 Å². The van der Waals surface area contributed by atoms with Gasteiger partial charge in [-0.3, -0.25) is 14.5 Å². The number of hydrogen-bond donors (Lipinski definition) is 1. The van der Waals surface area contributed by atoms with Crippen molar-refractivity contribution in [2.24, 2.45) is 16.8 Å². The molecule has 0 spiro atoms. The van der Waals surface area contributed by atoms with Gasteiger partial charge in [-0.15, -0.1) is 0 Å². The summed E-state index contributed by atoms with van der Waals surface area (Å²) < 4.78 is 0. The number of aryl methyl sites for hydroxylation is 2. The molecule has 2 heterocycles. The highest BCUT2D eigenvalue weighted by atomic mass is 16.2. The van der Waals surface area contributed by atoms with E-state index in [2.05, 4.69) is 67.3 Å². The van der Waals surface area contributed by atoms with E-state index in [9.17, 15) is 9.59 Å². The number of hydrazone groups is 1. The molecule has 1 atom stereocenters. The number of rotatable bonds is 5. The number of nitrogens with zero attached hydrogens (tertiary/aromatic N) is 3. The Morgan fingerprint density at radius 2 is 1.55 bits per heavy atom. The van der Waals surface area contributed by atoms with Crippen LogP contribution in [-0.4, -0.2) is 47.1 Å². The first-order chi connectivity index (χ1) is 14.9. The highest BCUT2D eigenvalue weighted by Gasteiger charge is 2.34. The molecule has 31 heavy (non-hydrogen) atoms. The SMILES string of the molecule is Cc1ccc(C2=NN(C(=O)CN3CCC(C(N)=O)CC3)[C@@H](c3ccc(C)cc3)C2)cc1. The zero-order valence-corrected chi connectivity index (χ0v) is 18.3. The van der Waals surface area contributed by atoms with Crippen LogP contribution in [-0.2, 0) is 9.59 Å². The van der Waals surface area contributed by atoms with Crippen molar-refractivity contribution in [1.29, 1.82) is 0 Å². The number of amides is 2. The number of nitrogens with two attached hydrogens (primary N) is 1. The molecule has 2 aromatic carbocycles. The normalized spacial score (nSPS) is 20.0. The molecule has 4 rings (SSSR count). The number of benzene rings is 2. The Hall–Kier alpha value is -2.99. The van der Waals surface area contributed by atoms with Crippen molar-refractivity contribution in [2.75, 3.05) is 19.6 Å². The molecule has 6 nitrogen and oxygen atoms in total. The van der Waals surface area contributed by atoms with Gasteiger partial charge in [-0.25, -0.2) is 5.01 Å². The monoisotopic (exact) mass is 418 g/mol. The van der Waals surface area contributed by atoms with Gasteiger partial charge in [-0.05, 0) is 50.9 Å². The largest absolute Gasteiger partial charge is 0.369 e. The van der Waals surface area contributed by atoms with Crippen molar-refractivity contribution in [2.45, 2.75) is 39.2 Å². The van der Waals surface area contributed by atoms with Crippen LogP contribution in [0.4, 0.5) is 0 Å². The molecule has 0 unspecified atom stereocenters. The fraction of sp³-hybridized carbons (Fsp3) is 0.400. The molecule has 1 saturated heterocycles. The third kappa shape index (κ3) is 4.85. The van der Waals surface area contributed by atoms with Gasteiger partial charge in [0.2, 0.25) is 5.91 Å². The number of carbonyl (C=O) groups excluding carboxylic acids is 2. The summed E-state index contributed by atoms with van der Waals surface area (Å²) >= 11 is 0. The molecule has 0 aromatic heterocycles. The van der Waals surface area contributed by atoms with Crippen LogP contribution in [0, 0.1) is 19.8 Å².